The number of hydrogen-bond donors (Lipinski definition) is 2. The zero-order chi connectivity index (χ0) is 14.7. The number of aromatic nitrogens is 2. The number of amidine groups is 1. The van der Waals surface area contributed by atoms with E-state index in [9.17, 15) is 10.1 Å². The fraction of sp³-hybridized carbons (Fsp3) is 0. The summed E-state index contributed by atoms with van der Waals surface area (Å²) in [4.78, 5) is 18.1. The Bertz CT molecular complexity index is 674. The number of ether oxygens (including phenoxy) is 1. The number of para-hydroxylation sites is 1. The lowest BCUT2D eigenvalue weighted by Gasteiger charge is -2.07. The number of nitrogens with two attached hydrogens (primary N) is 1. The van der Waals surface area contributed by atoms with Gasteiger partial charge in [-0.3, -0.25) is 15.5 Å². The summed E-state index contributed by atoms with van der Waals surface area (Å²) in [5.41, 5.74) is 5.24. The van der Waals surface area contributed by atoms with Crippen molar-refractivity contribution in [3.63, 3.8) is 0 Å². The van der Waals surface area contributed by atoms with Gasteiger partial charge in [-0.05, 0) is 22.0 Å². The van der Waals surface area contributed by atoms with Crippen molar-refractivity contribution in [1.29, 1.82) is 5.41 Å². The summed E-state index contributed by atoms with van der Waals surface area (Å²) in [5, 5.41) is 18.1. The predicted molar refractivity (Wildman–Crippen MR) is 73.9 cm³/mol. The van der Waals surface area contributed by atoms with Gasteiger partial charge in [-0.25, -0.2) is 9.97 Å². The van der Waals surface area contributed by atoms with Gasteiger partial charge in [-0.2, -0.15) is 0 Å². The Balaban J connectivity index is 2.34. The summed E-state index contributed by atoms with van der Waals surface area (Å²) in [7, 11) is 0. The number of nitrogen functional groups attached to an aromatic ring is 1. The lowest BCUT2D eigenvalue weighted by molar-refractivity contribution is -0.385. The first-order chi connectivity index (χ1) is 9.49. The second-order valence-electron chi connectivity index (χ2n) is 3.60. The van der Waals surface area contributed by atoms with E-state index in [-0.39, 0.29) is 28.8 Å². The molecule has 102 valence electrons. The van der Waals surface area contributed by atoms with E-state index in [1.807, 2.05) is 0 Å². The number of halogens is 1. The van der Waals surface area contributed by atoms with Crippen LogP contribution in [0, 0.1) is 15.5 Å². The molecule has 0 unspecified atom stereocenters. The van der Waals surface area contributed by atoms with Gasteiger partial charge in [0.25, 0.3) is 0 Å². The SMILES string of the molecule is N=C(N)c1cnc(Oc2c(Br)cccc2[N+](=O)[O-])cn1. The van der Waals surface area contributed by atoms with Crippen molar-refractivity contribution in [2.24, 2.45) is 5.73 Å². The molecule has 0 aliphatic heterocycles. The van der Waals surface area contributed by atoms with Gasteiger partial charge in [0.2, 0.25) is 11.6 Å². The molecule has 0 spiro atoms. The number of benzene rings is 1. The average molecular weight is 338 g/mol. The molecule has 1 aromatic carbocycles. The quantitative estimate of drug-likeness (QED) is 0.381. The Kier molecular flexibility index (Phi) is 3.89. The molecule has 0 radical (unpaired) electrons. The molecule has 2 rings (SSSR count). The summed E-state index contributed by atoms with van der Waals surface area (Å²) in [6.45, 7) is 0. The van der Waals surface area contributed by atoms with Crippen LogP contribution in [0.25, 0.3) is 0 Å². The highest BCUT2D eigenvalue weighted by atomic mass is 79.9. The summed E-state index contributed by atoms with van der Waals surface area (Å²) >= 11 is 3.18. The number of hydrogen-bond acceptors (Lipinski definition) is 6. The van der Waals surface area contributed by atoms with E-state index >= 15 is 0 Å². The molecule has 0 saturated carbocycles. The van der Waals surface area contributed by atoms with Crippen LogP contribution >= 0.6 is 15.9 Å². The zero-order valence-corrected chi connectivity index (χ0v) is 11.5. The van der Waals surface area contributed by atoms with Crippen molar-refractivity contribution < 1.29 is 9.66 Å². The Hall–Kier alpha value is -2.55. The molecule has 8 nitrogen and oxygen atoms in total. The van der Waals surface area contributed by atoms with Gasteiger partial charge in [0.15, 0.2) is 0 Å². The maximum Gasteiger partial charge on any atom is 0.312 e. The van der Waals surface area contributed by atoms with Crippen LogP contribution < -0.4 is 10.5 Å². The Morgan fingerprint density at radius 3 is 2.70 bits per heavy atom. The van der Waals surface area contributed by atoms with Gasteiger partial charge >= 0.3 is 5.69 Å². The normalized spacial score (nSPS) is 10.1. The first-order valence-corrected chi connectivity index (χ1v) is 6.05. The van der Waals surface area contributed by atoms with Gasteiger partial charge in [-0.15, -0.1) is 0 Å². The molecular weight excluding hydrogens is 330 g/mol. The highest BCUT2D eigenvalue weighted by Crippen LogP contribution is 2.37. The van der Waals surface area contributed by atoms with E-state index < -0.39 is 4.92 Å². The van der Waals surface area contributed by atoms with Crippen LogP contribution in [0.4, 0.5) is 5.69 Å². The number of nitrogens with zero attached hydrogens (tertiary/aromatic N) is 3. The fourth-order valence-corrected chi connectivity index (χ4v) is 1.79. The van der Waals surface area contributed by atoms with Crippen molar-refractivity contribution in [1.82, 2.24) is 9.97 Å². The van der Waals surface area contributed by atoms with Gasteiger partial charge in [0.05, 0.1) is 21.8 Å². The Morgan fingerprint density at radius 2 is 2.15 bits per heavy atom. The molecule has 1 aromatic heterocycles. The topological polar surface area (TPSA) is 128 Å². The van der Waals surface area contributed by atoms with Crippen LogP contribution in [-0.4, -0.2) is 20.7 Å². The Labute approximate surface area is 121 Å². The molecule has 1 heterocycles. The summed E-state index contributed by atoms with van der Waals surface area (Å²) in [6.07, 6.45) is 2.49. The van der Waals surface area contributed by atoms with Crippen LogP contribution in [-0.2, 0) is 0 Å². The van der Waals surface area contributed by atoms with Crippen LogP contribution in [0.1, 0.15) is 5.69 Å². The molecule has 0 bridgehead atoms. The third kappa shape index (κ3) is 2.88. The molecule has 0 aliphatic carbocycles. The molecule has 20 heavy (non-hydrogen) atoms. The number of nitro groups is 1. The van der Waals surface area contributed by atoms with E-state index in [4.69, 9.17) is 15.9 Å². The maximum atomic E-state index is 10.9. The molecule has 0 atom stereocenters. The lowest BCUT2D eigenvalue weighted by atomic mass is 10.3. The third-order valence-corrected chi connectivity index (χ3v) is 2.88. The highest BCUT2D eigenvalue weighted by molar-refractivity contribution is 9.10. The molecule has 0 amide bonds. The largest absolute Gasteiger partial charge is 0.429 e. The van der Waals surface area contributed by atoms with E-state index in [0.29, 0.717) is 4.47 Å². The first kappa shape index (κ1) is 13.9. The number of rotatable bonds is 4. The van der Waals surface area contributed by atoms with Gasteiger partial charge in [0.1, 0.15) is 11.5 Å². The van der Waals surface area contributed by atoms with Crippen molar-refractivity contribution in [3.05, 3.63) is 50.9 Å². The van der Waals surface area contributed by atoms with Crippen molar-refractivity contribution in [2.45, 2.75) is 0 Å². The monoisotopic (exact) mass is 337 g/mol. The van der Waals surface area contributed by atoms with Crippen LogP contribution in [0.2, 0.25) is 0 Å². The van der Waals surface area contributed by atoms with E-state index in [0.717, 1.165) is 0 Å². The van der Waals surface area contributed by atoms with Gasteiger partial charge < -0.3 is 10.5 Å². The molecule has 3 N–H and O–H groups in total. The van der Waals surface area contributed by atoms with E-state index in [2.05, 4.69) is 25.9 Å². The molecular formula is C11H8BrN5O3. The summed E-state index contributed by atoms with van der Waals surface area (Å²) < 4.78 is 5.78. The third-order valence-electron chi connectivity index (χ3n) is 2.25. The summed E-state index contributed by atoms with van der Waals surface area (Å²) in [6, 6.07) is 4.46. The molecule has 0 aliphatic rings. The van der Waals surface area contributed by atoms with E-state index in [1.54, 1.807) is 6.07 Å². The minimum Gasteiger partial charge on any atom is -0.429 e. The Morgan fingerprint density at radius 1 is 1.40 bits per heavy atom. The fourth-order valence-electron chi connectivity index (χ4n) is 1.35. The lowest BCUT2D eigenvalue weighted by Crippen LogP contribution is -2.13. The molecule has 0 fully saturated rings. The average Bonchev–Trinajstić information content (AvgIpc) is 2.41. The second-order valence-corrected chi connectivity index (χ2v) is 4.46. The number of nitro benzene ring substituents is 1. The number of nitrogens with one attached hydrogen (secondary N) is 1. The maximum absolute atomic E-state index is 10.9. The van der Waals surface area contributed by atoms with Crippen LogP contribution in [0.5, 0.6) is 11.6 Å². The van der Waals surface area contributed by atoms with Gasteiger partial charge in [-0.1, -0.05) is 6.07 Å². The minimum absolute atomic E-state index is 0.0300. The van der Waals surface area contributed by atoms with Crippen molar-refractivity contribution >= 4 is 27.5 Å². The predicted octanol–water partition coefficient (Wildman–Crippen LogP) is 2.22. The van der Waals surface area contributed by atoms with Crippen molar-refractivity contribution in [3.8, 4) is 11.6 Å². The first-order valence-electron chi connectivity index (χ1n) is 5.26. The van der Waals surface area contributed by atoms with E-state index in [1.165, 1.54) is 24.5 Å². The minimum atomic E-state index is -0.558. The van der Waals surface area contributed by atoms with Crippen molar-refractivity contribution in [2.75, 3.05) is 0 Å². The smallest absolute Gasteiger partial charge is 0.312 e. The molecule has 2 aromatic rings. The molecule has 9 heteroatoms. The molecule has 0 saturated heterocycles. The second kappa shape index (κ2) is 5.61. The summed E-state index contributed by atoms with van der Waals surface area (Å²) in [5.74, 6) is -0.136. The van der Waals surface area contributed by atoms with Gasteiger partial charge in [0, 0.05) is 6.07 Å². The van der Waals surface area contributed by atoms with Crippen LogP contribution in [0.3, 0.4) is 0 Å². The zero-order valence-electron chi connectivity index (χ0n) is 9.91. The standard InChI is InChI=1S/C11H8BrN5O3/c12-6-2-1-3-8(17(18)19)10(6)20-9-5-15-7(4-16-9)11(13)14/h1-5H,(H3,13,14). The highest BCUT2D eigenvalue weighted by Gasteiger charge is 2.19. The van der Waals surface area contributed by atoms with Crippen LogP contribution in [0.15, 0.2) is 35.1 Å².